The molecule has 0 saturated carbocycles. The molecule has 0 fully saturated rings. The molecule has 2 N–H and O–H groups in total. The number of carbonyl (C=O) groups excluding carboxylic acids is 1. The minimum atomic E-state index is -4.77. The minimum Gasteiger partial charge on any atom is -0.320 e. The molecular weight excluding hydrogens is 364 g/mol. The van der Waals surface area contributed by atoms with E-state index in [1.165, 1.54) is 6.07 Å². The lowest BCUT2D eigenvalue weighted by atomic mass is 9.91. The molecule has 128 valence electrons. The van der Waals surface area contributed by atoms with Crippen LogP contribution in [0.4, 0.5) is 23.7 Å². The average molecular weight is 377 g/mol. The lowest BCUT2D eigenvalue weighted by molar-refractivity contribution is -0.191. The van der Waals surface area contributed by atoms with Gasteiger partial charge in [-0.1, -0.05) is 41.4 Å². The van der Waals surface area contributed by atoms with Crippen LogP contribution in [0.25, 0.3) is 0 Å². The number of hydrogen-bond donors (Lipinski definition) is 2. The van der Waals surface area contributed by atoms with Gasteiger partial charge in [0, 0.05) is 15.7 Å². The monoisotopic (exact) mass is 376 g/mol. The highest BCUT2D eigenvalue weighted by molar-refractivity contribution is 6.34. The van der Waals surface area contributed by atoms with Crippen LogP contribution < -0.4 is 10.6 Å². The van der Waals surface area contributed by atoms with E-state index in [-0.39, 0.29) is 15.6 Å². The van der Waals surface area contributed by atoms with Crippen molar-refractivity contribution in [2.24, 2.45) is 0 Å². The Balaban J connectivity index is 2.33. The highest BCUT2D eigenvalue weighted by Crippen LogP contribution is 2.40. The first-order chi connectivity index (χ1) is 11.1. The zero-order valence-corrected chi connectivity index (χ0v) is 13.9. The van der Waals surface area contributed by atoms with Gasteiger partial charge in [-0.25, -0.2) is 4.79 Å². The van der Waals surface area contributed by atoms with E-state index in [1.807, 2.05) is 5.32 Å². The third-order valence-corrected chi connectivity index (χ3v) is 3.84. The van der Waals surface area contributed by atoms with Crippen LogP contribution in [0.5, 0.6) is 0 Å². The van der Waals surface area contributed by atoms with Crippen molar-refractivity contribution < 1.29 is 18.0 Å². The molecule has 1 atom stereocenters. The molecule has 2 rings (SSSR count). The molecule has 2 aromatic rings. The van der Waals surface area contributed by atoms with E-state index in [0.717, 1.165) is 19.1 Å². The van der Waals surface area contributed by atoms with Gasteiger partial charge in [-0.2, -0.15) is 13.2 Å². The normalized spacial score (nSPS) is 13.9. The predicted molar refractivity (Wildman–Crippen MR) is 88.5 cm³/mol. The third-order valence-electron chi connectivity index (χ3n) is 3.40. The lowest BCUT2D eigenvalue weighted by Gasteiger charge is -2.33. The standard InChI is InChI=1S/C16H13Cl2F3N2O/c1-15(16(19,20)21,10-7-11(17)9-12(18)8-10)23-14(24)22-13-5-3-2-4-6-13/h2-9H,1H3,(H2,22,23,24). The van der Waals surface area contributed by atoms with Crippen LogP contribution in [0.2, 0.25) is 10.0 Å². The van der Waals surface area contributed by atoms with Crippen LogP contribution in [0.1, 0.15) is 12.5 Å². The van der Waals surface area contributed by atoms with Crippen molar-refractivity contribution in [3.8, 4) is 0 Å². The van der Waals surface area contributed by atoms with Crippen molar-refractivity contribution in [2.45, 2.75) is 18.6 Å². The number of urea groups is 1. The second kappa shape index (κ2) is 6.91. The molecule has 0 radical (unpaired) electrons. The molecule has 2 aromatic carbocycles. The second-order valence-electron chi connectivity index (χ2n) is 5.23. The topological polar surface area (TPSA) is 41.1 Å². The van der Waals surface area contributed by atoms with E-state index < -0.39 is 17.7 Å². The van der Waals surface area contributed by atoms with Gasteiger partial charge < -0.3 is 10.6 Å². The Morgan fingerprint density at radius 1 is 1.00 bits per heavy atom. The molecule has 1 unspecified atom stereocenters. The van der Waals surface area contributed by atoms with E-state index in [9.17, 15) is 18.0 Å². The van der Waals surface area contributed by atoms with Crippen LogP contribution in [0, 0.1) is 0 Å². The fourth-order valence-corrected chi connectivity index (χ4v) is 2.59. The van der Waals surface area contributed by atoms with Gasteiger partial charge in [-0.3, -0.25) is 0 Å². The smallest absolute Gasteiger partial charge is 0.320 e. The molecule has 0 spiro atoms. The minimum absolute atomic E-state index is 0.0400. The van der Waals surface area contributed by atoms with Crippen molar-refractivity contribution >= 4 is 34.9 Å². The van der Waals surface area contributed by atoms with Crippen molar-refractivity contribution in [3.63, 3.8) is 0 Å². The summed E-state index contributed by atoms with van der Waals surface area (Å²) in [5.41, 5.74) is -2.57. The fourth-order valence-electron chi connectivity index (χ4n) is 2.06. The van der Waals surface area contributed by atoms with E-state index in [4.69, 9.17) is 23.2 Å². The molecule has 0 saturated heterocycles. The maximum absolute atomic E-state index is 13.6. The maximum atomic E-state index is 13.6. The van der Waals surface area contributed by atoms with E-state index in [0.29, 0.717) is 5.69 Å². The first-order valence-electron chi connectivity index (χ1n) is 6.79. The molecule has 0 aliphatic rings. The van der Waals surface area contributed by atoms with E-state index in [2.05, 4.69) is 5.32 Å². The average Bonchev–Trinajstić information content (AvgIpc) is 2.45. The molecule has 0 aliphatic heterocycles. The number of anilines is 1. The van der Waals surface area contributed by atoms with Gasteiger partial charge >= 0.3 is 12.2 Å². The van der Waals surface area contributed by atoms with Gasteiger partial charge in [0.15, 0.2) is 5.54 Å². The summed E-state index contributed by atoms with van der Waals surface area (Å²) in [6, 6.07) is 10.7. The number of benzene rings is 2. The molecule has 0 aliphatic carbocycles. The Morgan fingerprint density at radius 3 is 2.04 bits per heavy atom. The van der Waals surface area contributed by atoms with Crippen LogP contribution in [0.3, 0.4) is 0 Å². The molecule has 0 heterocycles. The van der Waals surface area contributed by atoms with Gasteiger partial charge in [0.2, 0.25) is 0 Å². The predicted octanol–water partition coefficient (Wildman–Crippen LogP) is 5.59. The number of amides is 2. The Morgan fingerprint density at radius 2 is 1.54 bits per heavy atom. The highest BCUT2D eigenvalue weighted by atomic mass is 35.5. The maximum Gasteiger partial charge on any atom is 0.415 e. The van der Waals surface area contributed by atoms with Gasteiger partial charge in [-0.15, -0.1) is 0 Å². The molecule has 24 heavy (non-hydrogen) atoms. The molecule has 0 bridgehead atoms. The Labute approximate surface area is 146 Å². The number of para-hydroxylation sites is 1. The van der Waals surface area contributed by atoms with Gasteiger partial charge in [0.1, 0.15) is 0 Å². The Hall–Kier alpha value is -1.92. The van der Waals surface area contributed by atoms with Crippen molar-refractivity contribution in [1.82, 2.24) is 5.32 Å². The van der Waals surface area contributed by atoms with Crippen LogP contribution in [-0.4, -0.2) is 12.2 Å². The number of alkyl halides is 3. The Kier molecular flexibility index (Phi) is 5.30. The summed E-state index contributed by atoms with van der Waals surface area (Å²) in [5, 5.41) is 4.39. The largest absolute Gasteiger partial charge is 0.415 e. The summed E-state index contributed by atoms with van der Waals surface area (Å²) in [6.45, 7) is 0.847. The Bertz CT molecular complexity index is 718. The third kappa shape index (κ3) is 4.13. The first-order valence-corrected chi connectivity index (χ1v) is 7.55. The second-order valence-corrected chi connectivity index (χ2v) is 6.10. The summed E-state index contributed by atoms with van der Waals surface area (Å²) < 4.78 is 40.9. The van der Waals surface area contributed by atoms with Gasteiger partial charge in [-0.05, 0) is 42.8 Å². The van der Waals surface area contributed by atoms with Gasteiger partial charge in [0.05, 0.1) is 0 Å². The van der Waals surface area contributed by atoms with Gasteiger partial charge in [0.25, 0.3) is 0 Å². The highest BCUT2D eigenvalue weighted by Gasteiger charge is 2.53. The number of carbonyl (C=O) groups is 1. The van der Waals surface area contributed by atoms with E-state index >= 15 is 0 Å². The van der Waals surface area contributed by atoms with Crippen molar-refractivity contribution in [2.75, 3.05) is 5.32 Å². The summed E-state index contributed by atoms with van der Waals surface area (Å²) >= 11 is 11.6. The van der Waals surface area contributed by atoms with Crippen LogP contribution in [0.15, 0.2) is 48.5 Å². The quantitative estimate of drug-likeness (QED) is 0.719. The zero-order valence-electron chi connectivity index (χ0n) is 12.4. The molecule has 0 aromatic heterocycles. The number of hydrogen-bond acceptors (Lipinski definition) is 1. The number of nitrogens with one attached hydrogen (secondary N) is 2. The molecule has 3 nitrogen and oxygen atoms in total. The SMILES string of the molecule is CC(NC(=O)Nc1ccccc1)(c1cc(Cl)cc(Cl)c1)C(F)(F)F. The summed E-state index contributed by atoms with van der Waals surface area (Å²) in [7, 11) is 0. The molecule has 8 heteroatoms. The summed E-state index contributed by atoms with van der Waals surface area (Å²) in [4.78, 5) is 12.0. The summed E-state index contributed by atoms with van der Waals surface area (Å²) in [5.74, 6) is 0. The molecular formula is C16H13Cl2F3N2O. The molecule has 2 amide bonds. The van der Waals surface area contributed by atoms with Crippen molar-refractivity contribution in [1.29, 1.82) is 0 Å². The van der Waals surface area contributed by atoms with E-state index in [1.54, 1.807) is 30.3 Å². The van der Waals surface area contributed by atoms with Crippen molar-refractivity contribution in [3.05, 3.63) is 64.1 Å². The number of halogens is 5. The first kappa shape index (κ1) is 18.4. The van der Waals surface area contributed by atoms with Crippen LogP contribution >= 0.6 is 23.2 Å². The lowest BCUT2D eigenvalue weighted by Crippen LogP contribution is -2.55. The van der Waals surface area contributed by atoms with Crippen LogP contribution in [-0.2, 0) is 5.54 Å². The zero-order chi connectivity index (χ0) is 18.0. The number of rotatable bonds is 3. The fraction of sp³-hybridized carbons (Fsp3) is 0.188. The summed E-state index contributed by atoms with van der Waals surface area (Å²) in [6.07, 6.45) is -4.77.